The highest BCUT2D eigenvalue weighted by Gasteiger charge is 2.25. The molecule has 0 unspecified atom stereocenters. The van der Waals surface area contributed by atoms with Crippen LogP contribution in [0.2, 0.25) is 0 Å². The van der Waals surface area contributed by atoms with Crippen LogP contribution in [0.3, 0.4) is 0 Å². The van der Waals surface area contributed by atoms with E-state index in [9.17, 15) is 0 Å². The number of aliphatic imine (C=N–C) groups is 1. The van der Waals surface area contributed by atoms with Crippen LogP contribution < -0.4 is 0 Å². The van der Waals surface area contributed by atoms with E-state index in [4.69, 9.17) is 0 Å². The van der Waals surface area contributed by atoms with Gasteiger partial charge in [-0.05, 0) is 48.1 Å². The van der Waals surface area contributed by atoms with Crippen LogP contribution in [0.1, 0.15) is 64.3 Å². The Morgan fingerprint density at radius 2 is 1.90 bits per heavy atom. The first-order valence-electron chi connectivity index (χ1n) is 10.7. The Morgan fingerprint density at radius 3 is 2.55 bits per heavy atom. The van der Waals surface area contributed by atoms with Gasteiger partial charge < -0.3 is 4.57 Å². The fourth-order valence-corrected chi connectivity index (χ4v) is 4.13. The molecule has 1 aromatic heterocycles. The molecular weight excluding hydrogens is 352 g/mol. The van der Waals surface area contributed by atoms with Crippen molar-refractivity contribution in [2.45, 2.75) is 59.4 Å². The van der Waals surface area contributed by atoms with Gasteiger partial charge in [0.25, 0.3) is 0 Å². The summed E-state index contributed by atoms with van der Waals surface area (Å²) in [6, 6.07) is 12.9. The second-order valence-corrected chi connectivity index (χ2v) is 8.56. The molecule has 0 saturated heterocycles. The molecule has 0 aliphatic carbocycles. The Balaban J connectivity index is 1.94. The topological polar surface area (TPSA) is 17.3 Å². The Kier molecular flexibility index (Phi) is 6.42. The molecule has 2 nitrogen and oxygen atoms in total. The second-order valence-electron chi connectivity index (χ2n) is 8.56. The van der Waals surface area contributed by atoms with Crippen LogP contribution in [0.5, 0.6) is 0 Å². The molecule has 0 N–H and O–H groups in total. The Morgan fingerprint density at radius 1 is 1.17 bits per heavy atom. The maximum atomic E-state index is 4.61. The van der Waals surface area contributed by atoms with Crippen LogP contribution in [0.25, 0.3) is 6.08 Å². The highest BCUT2D eigenvalue weighted by Crippen LogP contribution is 2.33. The minimum atomic E-state index is 0.0951. The molecule has 29 heavy (non-hydrogen) atoms. The van der Waals surface area contributed by atoms with Gasteiger partial charge in [0, 0.05) is 35.1 Å². The first kappa shape index (κ1) is 21.1. The first-order valence-corrected chi connectivity index (χ1v) is 10.7. The summed E-state index contributed by atoms with van der Waals surface area (Å²) in [5.74, 6) is 0. The second kappa shape index (κ2) is 8.82. The third kappa shape index (κ3) is 4.53. The molecule has 2 aromatic rings. The lowest BCUT2D eigenvalue weighted by Gasteiger charge is -2.27. The van der Waals surface area contributed by atoms with Crippen molar-refractivity contribution in [1.29, 1.82) is 0 Å². The number of rotatable bonds is 8. The van der Waals surface area contributed by atoms with Crippen molar-refractivity contribution in [2.24, 2.45) is 4.99 Å². The molecule has 1 aliphatic heterocycles. The van der Waals surface area contributed by atoms with Gasteiger partial charge in [0.2, 0.25) is 0 Å². The van der Waals surface area contributed by atoms with E-state index in [1.165, 1.54) is 28.0 Å². The molecule has 2 heterocycles. The van der Waals surface area contributed by atoms with E-state index < -0.39 is 0 Å². The van der Waals surface area contributed by atoms with E-state index in [1.807, 2.05) is 0 Å². The maximum absolute atomic E-state index is 4.61. The molecule has 1 aromatic carbocycles. The summed E-state index contributed by atoms with van der Waals surface area (Å²) in [6.45, 7) is 17.3. The SMILES string of the molecule is C=C(/C=C\c1ccn(Cc2ccccc2)c1C(C)(C)CC)C1=C(CC)CN=C1C. The fourth-order valence-electron chi connectivity index (χ4n) is 4.13. The molecule has 0 saturated carbocycles. The lowest BCUT2D eigenvalue weighted by atomic mass is 9.83. The van der Waals surface area contributed by atoms with Gasteiger partial charge in [0.1, 0.15) is 0 Å². The van der Waals surface area contributed by atoms with Crippen LogP contribution in [-0.2, 0) is 12.0 Å². The summed E-state index contributed by atoms with van der Waals surface area (Å²) in [5, 5.41) is 0. The Labute approximate surface area is 176 Å². The average molecular weight is 387 g/mol. The largest absolute Gasteiger partial charge is 0.346 e. The van der Waals surface area contributed by atoms with Crippen LogP contribution in [-0.4, -0.2) is 16.8 Å². The number of nitrogens with zero attached hydrogens (tertiary/aromatic N) is 2. The van der Waals surface area contributed by atoms with Crippen molar-refractivity contribution in [1.82, 2.24) is 4.57 Å². The van der Waals surface area contributed by atoms with E-state index in [1.54, 1.807) is 0 Å². The molecule has 0 fully saturated rings. The highest BCUT2D eigenvalue weighted by molar-refractivity contribution is 6.05. The first-order chi connectivity index (χ1) is 13.9. The van der Waals surface area contributed by atoms with Crippen molar-refractivity contribution < 1.29 is 0 Å². The highest BCUT2D eigenvalue weighted by atomic mass is 15.0. The predicted octanol–water partition coefficient (Wildman–Crippen LogP) is 6.97. The predicted molar refractivity (Wildman–Crippen MR) is 127 cm³/mol. The van der Waals surface area contributed by atoms with Gasteiger partial charge in [-0.25, -0.2) is 0 Å². The molecule has 0 amide bonds. The third-order valence-electron chi connectivity index (χ3n) is 6.15. The Bertz CT molecular complexity index is 965. The molecule has 0 radical (unpaired) electrons. The van der Waals surface area contributed by atoms with Gasteiger partial charge in [0.15, 0.2) is 0 Å². The molecule has 0 atom stereocenters. The van der Waals surface area contributed by atoms with Crippen molar-refractivity contribution >= 4 is 11.8 Å². The zero-order valence-corrected chi connectivity index (χ0v) is 18.6. The normalized spacial score (nSPS) is 14.7. The molecule has 152 valence electrons. The molecular formula is C27H34N2. The van der Waals surface area contributed by atoms with E-state index in [-0.39, 0.29) is 5.41 Å². The van der Waals surface area contributed by atoms with Gasteiger partial charge in [0.05, 0.1) is 6.54 Å². The quantitative estimate of drug-likeness (QED) is 0.436. The van der Waals surface area contributed by atoms with Gasteiger partial charge in [-0.3, -0.25) is 4.99 Å². The minimum absolute atomic E-state index is 0.0951. The fraction of sp³-hybridized carbons (Fsp3) is 0.370. The zero-order chi connectivity index (χ0) is 21.0. The van der Waals surface area contributed by atoms with Crippen LogP contribution in [0.15, 0.2) is 77.0 Å². The number of allylic oxidation sites excluding steroid dienone is 3. The number of hydrogen-bond acceptors (Lipinski definition) is 1. The smallest absolute Gasteiger partial charge is 0.0612 e. The van der Waals surface area contributed by atoms with Gasteiger partial charge in [-0.1, -0.05) is 76.8 Å². The van der Waals surface area contributed by atoms with Crippen molar-refractivity contribution in [3.63, 3.8) is 0 Å². The van der Waals surface area contributed by atoms with Crippen LogP contribution in [0.4, 0.5) is 0 Å². The lowest BCUT2D eigenvalue weighted by molar-refractivity contribution is 0.465. The summed E-state index contributed by atoms with van der Waals surface area (Å²) in [5.41, 5.74) is 8.92. The molecule has 0 bridgehead atoms. The Hall–Kier alpha value is -2.61. The average Bonchev–Trinajstić information content (AvgIpc) is 3.30. The maximum Gasteiger partial charge on any atom is 0.0612 e. The van der Waals surface area contributed by atoms with E-state index in [2.05, 4.69) is 106 Å². The summed E-state index contributed by atoms with van der Waals surface area (Å²) < 4.78 is 2.40. The zero-order valence-electron chi connectivity index (χ0n) is 18.6. The summed E-state index contributed by atoms with van der Waals surface area (Å²) in [7, 11) is 0. The van der Waals surface area contributed by atoms with Crippen molar-refractivity contribution in [3.05, 3.63) is 88.8 Å². The van der Waals surface area contributed by atoms with E-state index in [0.29, 0.717) is 0 Å². The summed E-state index contributed by atoms with van der Waals surface area (Å²) in [4.78, 5) is 4.61. The number of benzene rings is 1. The number of hydrogen-bond donors (Lipinski definition) is 0. The van der Waals surface area contributed by atoms with Crippen LogP contribution in [0, 0.1) is 0 Å². The summed E-state index contributed by atoms with van der Waals surface area (Å²) in [6.07, 6.45) is 8.76. The standard InChI is InChI=1S/C27H34N2/c1-7-23-18-28-21(4)25(23)20(3)14-15-24-16-17-29(26(24)27(5,6)8-2)19-22-12-10-9-11-13-22/h9-17H,3,7-8,18-19H2,1-2,4-6H3/b15-14-. The van der Waals surface area contributed by atoms with E-state index >= 15 is 0 Å². The van der Waals surface area contributed by atoms with E-state index in [0.717, 1.165) is 37.2 Å². The molecule has 2 heteroatoms. The van der Waals surface area contributed by atoms with Crippen molar-refractivity contribution in [2.75, 3.05) is 6.54 Å². The monoisotopic (exact) mass is 386 g/mol. The third-order valence-corrected chi connectivity index (χ3v) is 6.15. The van der Waals surface area contributed by atoms with Crippen molar-refractivity contribution in [3.8, 4) is 0 Å². The number of aromatic nitrogens is 1. The van der Waals surface area contributed by atoms with Crippen LogP contribution >= 0.6 is 0 Å². The summed E-state index contributed by atoms with van der Waals surface area (Å²) >= 11 is 0. The molecule has 1 aliphatic rings. The minimum Gasteiger partial charge on any atom is -0.346 e. The lowest BCUT2D eigenvalue weighted by Crippen LogP contribution is -2.22. The van der Waals surface area contributed by atoms with Gasteiger partial charge in [-0.2, -0.15) is 0 Å². The molecule has 3 rings (SSSR count). The molecule has 0 spiro atoms. The van der Waals surface area contributed by atoms with Gasteiger partial charge in [-0.15, -0.1) is 0 Å². The van der Waals surface area contributed by atoms with Gasteiger partial charge >= 0.3 is 0 Å².